The van der Waals surface area contributed by atoms with Crippen molar-refractivity contribution < 1.29 is 39.5 Å². The van der Waals surface area contributed by atoms with Gasteiger partial charge >= 0.3 is 0 Å². The van der Waals surface area contributed by atoms with Crippen LogP contribution in [0.1, 0.15) is 0 Å². The Kier molecular flexibility index (Phi) is 5.58. The highest BCUT2D eigenvalue weighted by atomic mass is 35.5. The molecule has 0 fully saturated rings. The summed E-state index contributed by atoms with van der Waals surface area (Å²) in [6.07, 6.45) is 0. The van der Waals surface area contributed by atoms with Crippen LogP contribution in [-0.4, -0.2) is 6.71 Å². The van der Waals surface area contributed by atoms with E-state index < -0.39 is 80.5 Å². The summed E-state index contributed by atoms with van der Waals surface area (Å²) in [4.78, 5) is 0. The predicted octanol–water partition coefficient (Wildman–Crippen LogP) is 4.11. The summed E-state index contributed by atoms with van der Waals surface area (Å²) < 4.78 is 127. The van der Waals surface area contributed by atoms with E-state index >= 15 is 0 Å². The minimum Gasteiger partial charge on any atom is -0.208 e. The molecule has 0 spiro atoms. The summed E-state index contributed by atoms with van der Waals surface area (Å²) in [6, 6.07) is 2.20. The van der Waals surface area contributed by atoms with Crippen molar-refractivity contribution in [2.75, 3.05) is 0 Å². The molecule has 0 saturated heterocycles. The maximum atomic E-state index is 14.5. The second-order valence-corrected chi connectivity index (χ2v) is 6.24. The Hall–Kier alpha value is -2.62. The standard InChI is InChI=1S/C18H5BClF9/c20-6-2-1-3-7(21)12(6)19(13-15(26)8(22)4-9(23)16(13)27)14-17(28)10(24)5-11(25)18(14)29/h1-5H. The van der Waals surface area contributed by atoms with E-state index in [4.69, 9.17) is 11.6 Å². The Bertz CT molecular complexity index is 997. The van der Waals surface area contributed by atoms with Crippen LogP contribution in [0.4, 0.5) is 39.5 Å². The molecule has 3 rings (SSSR count). The molecule has 29 heavy (non-hydrogen) atoms. The smallest absolute Gasteiger partial charge is 0.208 e. The van der Waals surface area contributed by atoms with Gasteiger partial charge in [-0.3, -0.25) is 0 Å². The van der Waals surface area contributed by atoms with E-state index in [-0.39, 0.29) is 12.1 Å². The molecule has 0 saturated carbocycles. The highest BCUT2D eigenvalue weighted by molar-refractivity contribution is 6.96. The minimum atomic E-state index is -2.71. The lowest BCUT2D eigenvalue weighted by atomic mass is 9.36. The van der Waals surface area contributed by atoms with E-state index in [0.29, 0.717) is 6.07 Å². The molecule has 0 aromatic heterocycles. The highest BCUT2D eigenvalue weighted by Gasteiger charge is 2.40. The van der Waals surface area contributed by atoms with Gasteiger partial charge in [0, 0.05) is 28.1 Å². The zero-order valence-corrected chi connectivity index (χ0v) is 14.5. The molecule has 0 atom stereocenters. The van der Waals surface area contributed by atoms with Crippen molar-refractivity contribution in [3.63, 3.8) is 0 Å². The molecule has 0 aliphatic rings. The van der Waals surface area contributed by atoms with Gasteiger partial charge in [0.1, 0.15) is 5.82 Å². The van der Waals surface area contributed by atoms with Crippen LogP contribution in [0.3, 0.4) is 0 Å². The number of benzene rings is 3. The van der Waals surface area contributed by atoms with Gasteiger partial charge in [0.25, 0.3) is 6.71 Å². The van der Waals surface area contributed by atoms with Crippen LogP contribution in [-0.2, 0) is 0 Å². The Morgan fingerprint density at radius 2 is 0.897 bits per heavy atom. The third-order valence-corrected chi connectivity index (χ3v) is 4.49. The number of hydrogen-bond acceptors (Lipinski definition) is 0. The average molecular weight is 438 g/mol. The van der Waals surface area contributed by atoms with Crippen molar-refractivity contribution in [1.29, 1.82) is 0 Å². The molecule has 11 heteroatoms. The van der Waals surface area contributed by atoms with E-state index in [9.17, 15) is 39.5 Å². The lowest BCUT2D eigenvalue weighted by Gasteiger charge is -2.20. The molecule has 150 valence electrons. The third kappa shape index (κ3) is 3.46. The van der Waals surface area contributed by atoms with Crippen LogP contribution in [0.2, 0.25) is 5.02 Å². The fourth-order valence-electron chi connectivity index (χ4n) is 2.91. The molecule has 0 nitrogen and oxygen atoms in total. The summed E-state index contributed by atoms with van der Waals surface area (Å²) in [5.41, 5.74) is -4.51. The molecule has 0 unspecified atom stereocenters. The largest absolute Gasteiger partial charge is 0.262 e. The van der Waals surface area contributed by atoms with Gasteiger partial charge in [-0.1, -0.05) is 17.7 Å². The normalized spacial score (nSPS) is 11.1. The van der Waals surface area contributed by atoms with Crippen LogP contribution >= 0.6 is 11.6 Å². The first-order chi connectivity index (χ1) is 13.6. The topological polar surface area (TPSA) is 0 Å². The first-order valence-corrected chi connectivity index (χ1v) is 8.03. The fraction of sp³-hybridized carbons (Fsp3) is 0. The maximum absolute atomic E-state index is 14.5. The van der Waals surface area contributed by atoms with Crippen LogP contribution in [0, 0.1) is 52.4 Å². The Morgan fingerprint density at radius 3 is 1.24 bits per heavy atom. The molecule has 3 aromatic carbocycles. The molecule has 3 aromatic rings. The fourth-order valence-corrected chi connectivity index (χ4v) is 3.18. The molecule has 0 amide bonds. The van der Waals surface area contributed by atoms with E-state index in [2.05, 4.69) is 0 Å². The molecule has 0 N–H and O–H groups in total. The lowest BCUT2D eigenvalue weighted by molar-refractivity contribution is 0.459. The van der Waals surface area contributed by atoms with Crippen molar-refractivity contribution in [1.82, 2.24) is 0 Å². The predicted molar refractivity (Wildman–Crippen MR) is 88.6 cm³/mol. The summed E-state index contributed by atoms with van der Waals surface area (Å²) in [7, 11) is 0. The van der Waals surface area contributed by atoms with E-state index in [1.165, 1.54) is 0 Å². The van der Waals surface area contributed by atoms with Gasteiger partial charge in [0.2, 0.25) is 0 Å². The lowest BCUT2D eigenvalue weighted by Crippen LogP contribution is -2.59. The monoisotopic (exact) mass is 438 g/mol. The minimum absolute atomic E-state index is 0.201. The second kappa shape index (κ2) is 7.66. The quantitative estimate of drug-likeness (QED) is 0.328. The molecule has 0 aliphatic heterocycles. The van der Waals surface area contributed by atoms with Crippen molar-refractivity contribution in [2.45, 2.75) is 0 Å². The van der Waals surface area contributed by atoms with Crippen molar-refractivity contribution in [3.05, 3.63) is 87.7 Å². The van der Waals surface area contributed by atoms with E-state index in [0.717, 1.165) is 12.1 Å². The van der Waals surface area contributed by atoms with E-state index in [1.54, 1.807) is 0 Å². The van der Waals surface area contributed by atoms with Gasteiger partial charge in [-0.25, -0.2) is 39.5 Å². The summed E-state index contributed by atoms with van der Waals surface area (Å²) in [6.45, 7) is -2.71. The summed E-state index contributed by atoms with van der Waals surface area (Å²) in [5.74, 6) is -18.0. The van der Waals surface area contributed by atoms with Crippen LogP contribution in [0.25, 0.3) is 0 Å². The summed E-state index contributed by atoms with van der Waals surface area (Å²) in [5, 5.41) is -0.679. The first-order valence-electron chi connectivity index (χ1n) is 7.65. The molecular weight excluding hydrogens is 433 g/mol. The van der Waals surface area contributed by atoms with Crippen molar-refractivity contribution >= 4 is 34.7 Å². The molecule has 0 heterocycles. The van der Waals surface area contributed by atoms with Crippen molar-refractivity contribution in [3.8, 4) is 0 Å². The first kappa shape index (κ1) is 21.1. The van der Waals surface area contributed by atoms with Gasteiger partial charge in [0.05, 0.1) is 0 Å². The molecule has 0 bridgehead atoms. The van der Waals surface area contributed by atoms with Crippen LogP contribution in [0.5, 0.6) is 0 Å². The van der Waals surface area contributed by atoms with Gasteiger partial charge < -0.3 is 0 Å². The zero-order chi connectivity index (χ0) is 21.6. The molecular formula is C18H5BClF9. The van der Waals surface area contributed by atoms with Crippen LogP contribution in [0.15, 0.2) is 30.3 Å². The Labute approximate surface area is 162 Å². The second-order valence-electron chi connectivity index (χ2n) is 5.83. The summed E-state index contributed by atoms with van der Waals surface area (Å²) >= 11 is 5.79. The average Bonchev–Trinajstić information content (AvgIpc) is 2.64. The van der Waals surface area contributed by atoms with Crippen LogP contribution < -0.4 is 16.4 Å². The highest BCUT2D eigenvalue weighted by Crippen LogP contribution is 2.19. The maximum Gasteiger partial charge on any atom is 0.262 e. The van der Waals surface area contributed by atoms with Gasteiger partial charge in [-0.2, -0.15) is 0 Å². The zero-order valence-electron chi connectivity index (χ0n) is 13.7. The number of halogens is 10. The molecule has 0 radical (unpaired) electrons. The van der Waals surface area contributed by atoms with Crippen molar-refractivity contribution in [2.24, 2.45) is 0 Å². The third-order valence-electron chi connectivity index (χ3n) is 4.16. The molecule has 0 aliphatic carbocycles. The van der Waals surface area contributed by atoms with Gasteiger partial charge in [-0.05, 0) is 17.6 Å². The van der Waals surface area contributed by atoms with E-state index in [1.807, 2.05) is 0 Å². The van der Waals surface area contributed by atoms with Gasteiger partial charge in [0.15, 0.2) is 46.5 Å². The SMILES string of the molecule is Fc1cc(F)c(F)c(B(c2c(F)cccc2Cl)c2c(F)c(F)cc(F)c2F)c1F. The number of hydrogen-bond donors (Lipinski definition) is 0. The Balaban J connectivity index is 2.55. The van der Waals surface area contributed by atoms with Gasteiger partial charge in [-0.15, -0.1) is 0 Å². The number of rotatable bonds is 3. The Morgan fingerprint density at radius 1 is 0.517 bits per heavy atom.